The van der Waals surface area contributed by atoms with Crippen LogP contribution in [0.3, 0.4) is 0 Å². The average molecular weight is 254 g/mol. The maximum absolute atomic E-state index is 12.7. The minimum atomic E-state index is -4.46. The van der Waals surface area contributed by atoms with E-state index in [-0.39, 0.29) is 30.7 Å². The van der Waals surface area contributed by atoms with Gasteiger partial charge in [0, 0.05) is 13.5 Å². The van der Waals surface area contributed by atoms with Crippen LogP contribution >= 0.6 is 0 Å². The first-order chi connectivity index (χ1) is 7.79. The number of alkyl halides is 3. The van der Waals surface area contributed by atoms with Gasteiger partial charge < -0.3 is 10.0 Å². The third kappa shape index (κ3) is 2.87. The second kappa shape index (κ2) is 4.91. The highest BCUT2D eigenvalue weighted by atomic mass is 19.4. The smallest absolute Gasteiger partial charge is 0.390 e. The SMILES string of the molecule is CN1C(CO)=C([N+](=O)[O-])CCCC1C(F)(F)F. The van der Waals surface area contributed by atoms with Crippen LogP contribution < -0.4 is 0 Å². The molecule has 1 rings (SSSR count). The van der Waals surface area contributed by atoms with Crippen molar-refractivity contribution in [1.29, 1.82) is 0 Å². The fraction of sp³-hybridized carbons (Fsp3) is 0.778. The van der Waals surface area contributed by atoms with Crippen molar-refractivity contribution in [3.8, 4) is 0 Å². The first-order valence-electron chi connectivity index (χ1n) is 5.05. The van der Waals surface area contributed by atoms with E-state index in [1.54, 1.807) is 0 Å². The zero-order chi connectivity index (χ0) is 13.2. The Kier molecular flexibility index (Phi) is 3.97. The molecule has 5 nitrogen and oxygen atoms in total. The second-order valence-electron chi connectivity index (χ2n) is 3.87. The Bertz CT molecular complexity index is 341. The van der Waals surface area contributed by atoms with E-state index >= 15 is 0 Å². The summed E-state index contributed by atoms with van der Waals surface area (Å²) in [6.07, 6.45) is -4.64. The standard InChI is InChI=1S/C9H13F3N2O3/c1-13-7(5-15)6(14(16)17)3-2-4-8(13)9(10,11)12/h8,15H,2-5H2,1H3. The second-order valence-corrected chi connectivity index (χ2v) is 3.87. The molecule has 0 radical (unpaired) electrons. The molecule has 0 aromatic rings. The largest absolute Gasteiger partial charge is 0.408 e. The predicted molar refractivity (Wildman–Crippen MR) is 52.6 cm³/mol. The minimum Gasteiger partial charge on any atom is -0.390 e. The Morgan fingerprint density at radius 2 is 2.18 bits per heavy atom. The molecule has 1 unspecified atom stereocenters. The number of hydrogen-bond acceptors (Lipinski definition) is 4. The molecule has 0 aromatic carbocycles. The van der Waals surface area contributed by atoms with E-state index in [4.69, 9.17) is 5.11 Å². The fourth-order valence-electron chi connectivity index (χ4n) is 1.98. The summed E-state index contributed by atoms with van der Waals surface area (Å²) in [6, 6.07) is -1.78. The maximum atomic E-state index is 12.7. The summed E-state index contributed by atoms with van der Waals surface area (Å²) < 4.78 is 38.1. The van der Waals surface area contributed by atoms with Gasteiger partial charge in [0.15, 0.2) is 0 Å². The van der Waals surface area contributed by atoms with Crippen LogP contribution in [0.15, 0.2) is 11.4 Å². The van der Waals surface area contributed by atoms with Crippen molar-refractivity contribution in [1.82, 2.24) is 4.90 Å². The molecule has 0 fully saturated rings. The van der Waals surface area contributed by atoms with Gasteiger partial charge in [0.25, 0.3) is 5.70 Å². The molecule has 17 heavy (non-hydrogen) atoms. The molecule has 1 heterocycles. The fourth-order valence-corrected chi connectivity index (χ4v) is 1.98. The van der Waals surface area contributed by atoms with E-state index in [2.05, 4.69) is 0 Å². The number of hydrogen-bond donors (Lipinski definition) is 1. The lowest BCUT2D eigenvalue weighted by molar-refractivity contribution is -0.430. The number of aliphatic hydroxyl groups excluding tert-OH is 1. The van der Waals surface area contributed by atoms with Gasteiger partial charge in [0.2, 0.25) is 0 Å². The third-order valence-corrected chi connectivity index (χ3v) is 2.87. The van der Waals surface area contributed by atoms with Crippen LogP contribution in [0.4, 0.5) is 13.2 Å². The Morgan fingerprint density at radius 3 is 2.59 bits per heavy atom. The molecule has 1 N–H and O–H groups in total. The van der Waals surface area contributed by atoms with Gasteiger partial charge in [-0.25, -0.2) is 0 Å². The van der Waals surface area contributed by atoms with Gasteiger partial charge >= 0.3 is 6.18 Å². The molecule has 1 aliphatic rings. The lowest BCUT2D eigenvalue weighted by atomic mass is 10.1. The van der Waals surface area contributed by atoms with E-state index in [0.29, 0.717) is 0 Å². The summed E-state index contributed by atoms with van der Waals surface area (Å²) in [5, 5.41) is 19.7. The van der Waals surface area contributed by atoms with E-state index in [1.165, 1.54) is 0 Å². The van der Waals surface area contributed by atoms with Crippen molar-refractivity contribution in [3.63, 3.8) is 0 Å². The van der Waals surface area contributed by atoms with Gasteiger partial charge in [0.1, 0.15) is 11.7 Å². The number of likely N-dealkylation sites (N-methyl/N-ethyl adjacent to an activating group) is 1. The zero-order valence-corrected chi connectivity index (χ0v) is 9.20. The summed E-state index contributed by atoms with van der Waals surface area (Å²) in [7, 11) is 1.12. The molecule has 98 valence electrons. The Hall–Kier alpha value is -1.31. The molecule has 0 aliphatic carbocycles. The van der Waals surface area contributed by atoms with Gasteiger partial charge in [-0.05, 0) is 12.8 Å². The van der Waals surface area contributed by atoms with Crippen LogP contribution in [0.1, 0.15) is 19.3 Å². The van der Waals surface area contributed by atoms with E-state index in [1.807, 2.05) is 0 Å². The zero-order valence-electron chi connectivity index (χ0n) is 9.20. The third-order valence-electron chi connectivity index (χ3n) is 2.87. The Labute approximate surface area is 95.7 Å². The van der Waals surface area contributed by atoms with E-state index in [9.17, 15) is 23.3 Å². The quantitative estimate of drug-likeness (QED) is 0.599. The van der Waals surface area contributed by atoms with Crippen LogP contribution in [0.5, 0.6) is 0 Å². The highest BCUT2D eigenvalue weighted by Crippen LogP contribution is 2.34. The van der Waals surface area contributed by atoms with Crippen LogP contribution in [0, 0.1) is 10.1 Å². The topological polar surface area (TPSA) is 66.6 Å². The normalized spacial score (nSPS) is 22.6. The first kappa shape index (κ1) is 13.8. The number of nitrogens with zero attached hydrogens (tertiary/aromatic N) is 2. The molecule has 0 spiro atoms. The molecule has 0 amide bonds. The summed E-state index contributed by atoms with van der Waals surface area (Å²) in [4.78, 5) is 10.8. The molecule has 0 saturated heterocycles. The number of nitro groups is 1. The molecule has 0 bridgehead atoms. The Balaban J connectivity index is 3.13. The summed E-state index contributed by atoms with van der Waals surface area (Å²) in [5.74, 6) is 0. The van der Waals surface area contributed by atoms with E-state index < -0.39 is 23.7 Å². The van der Waals surface area contributed by atoms with Gasteiger partial charge in [-0.2, -0.15) is 13.2 Å². The lowest BCUT2D eigenvalue weighted by Crippen LogP contribution is -2.43. The van der Waals surface area contributed by atoms with Crippen LogP contribution in [0.25, 0.3) is 0 Å². The maximum Gasteiger partial charge on any atom is 0.408 e. The minimum absolute atomic E-state index is 0.0557. The first-order valence-corrected chi connectivity index (χ1v) is 5.05. The molecular formula is C9H13F3N2O3. The Morgan fingerprint density at radius 1 is 1.59 bits per heavy atom. The average Bonchev–Trinajstić information content (AvgIpc) is 2.35. The molecule has 1 atom stereocenters. The lowest BCUT2D eigenvalue weighted by Gasteiger charge is -2.30. The number of rotatable bonds is 2. The summed E-state index contributed by atoms with van der Waals surface area (Å²) in [6.45, 7) is -0.764. The number of aliphatic hydroxyl groups is 1. The van der Waals surface area contributed by atoms with Crippen molar-refractivity contribution in [2.24, 2.45) is 0 Å². The van der Waals surface area contributed by atoms with E-state index in [0.717, 1.165) is 11.9 Å². The molecule has 0 aromatic heterocycles. The molecule has 1 aliphatic heterocycles. The number of halogens is 3. The van der Waals surface area contributed by atoms with Gasteiger partial charge in [0.05, 0.1) is 11.5 Å². The molecule has 0 saturated carbocycles. The monoisotopic (exact) mass is 254 g/mol. The van der Waals surface area contributed by atoms with Crippen molar-refractivity contribution < 1.29 is 23.2 Å². The van der Waals surface area contributed by atoms with Crippen LogP contribution in [-0.4, -0.2) is 40.8 Å². The van der Waals surface area contributed by atoms with Crippen LogP contribution in [0.2, 0.25) is 0 Å². The van der Waals surface area contributed by atoms with Crippen molar-refractivity contribution in [2.45, 2.75) is 31.5 Å². The van der Waals surface area contributed by atoms with Crippen molar-refractivity contribution in [3.05, 3.63) is 21.5 Å². The predicted octanol–water partition coefficient (Wildman–Crippen LogP) is 1.51. The summed E-state index contributed by atoms with van der Waals surface area (Å²) in [5.41, 5.74) is -0.587. The van der Waals surface area contributed by atoms with Crippen LogP contribution in [-0.2, 0) is 0 Å². The summed E-state index contributed by atoms with van der Waals surface area (Å²) >= 11 is 0. The van der Waals surface area contributed by atoms with Gasteiger partial charge in [-0.15, -0.1) is 0 Å². The highest BCUT2D eigenvalue weighted by molar-refractivity contribution is 5.11. The molecular weight excluding hydrogens is 241 g/mol. The van der Waals surface area contributed by atoms with Crippen molar-refractivity contribution >= 4 is 0 Å². The van der Waals surface area contributed by atoms with Gasteiger partial charge in [-0.3, -0.25) is 10.1 Å². The van der Waals surface area contributed by atoms with Crippen molar-refractivity contribution in [2.75, 3.05) is 13.7 Å². The highest BCUT2D eigenvalue weighted by Gasteiger charge is 2.45. The molecule has 8 heteroatoms. The number of allylic oxidation sites excluding steroid dienone is 1. The van der Waals surface area contributed by atoms with Gasteiger partial charge in [-0.1, -0.05) is 0 Å².